The largest absolute Gasteiger partial charge is 0.573 e. The molecule has 1 aliphatic rings. The van der Waals surface area contributed by atoms with E-state index < -0.39 is 16.4 Å². The van der Waals surface area contributed by atoms with Gasteiger partial charge in [0.05, 0.1) is 23.3 Å². The van der Waals surface area contributed by atoms with E-state index in [1.165, 1.54) is 18.2 Å². The monoisotopic (exact) mass is 457 g/mol. The first kappa shape index (κ1) is 23.3. The van der Waals surface area contributed by atoms with Crippen LogP contribution in [0, 0.1) is 5.92 Å². The van der Waals surface area contributed by atoms with Gasteiger partial charge in [0.2, 0.25) is 10.0 Å². The first-order valence-electron chi connectivity index (χ1n) is 10.2. The number of aromatic nitrogens is 1. The lowest BCUT2D eigenvalue weighted by molar-refractivity contribution is -0.274. The van der Waals surface area contributed by atoms with Gasteiger partial charge in [-0.2, -0.15) is 0 Å². The van der Waals surface area contributed by atoms with E-state index in [9.17, 15) is 21.6 Å². The van der Waals surface area contributed by atoms with Gasteiger partial charge in [0.1, 0.15) is 5.75 Å². The van der Waals surface area contributed by atoms with E-state index in [2.05, 4.69) is 19.8 Å². The normalized spacial score (nSPS) is 19.7. The summed E-state index contributed by atoms with van der Waals surface area (Å²) in [5, 5.41) is 3.31. The quantitative estimate of drug-likeness (QED) is 0.608. The van der Waals surface area contributed by atoms with E-state index in [0.717, 1.165) is 37.9 Å². The van der Waals surface area contributed by atoms with Crippen LogP contribution in [0.15, 0.2) is 42.6 Å². The minimum atomic E-state index is -4.77. The molecule has 2 N–H and O–H groups in total. The molecule has 6 nitrogen and oxygen atoms in total. The van der Waals surface area contributed by atoms with Crippen LogP contribution in [0.25, 0.3) is 11.3 Å². The van der Waals surface area contributed by atoms with Crippen LogP contribution in [-0.4, -0.2) is 38.1 Å². The van der Waals surface area contributed by atoms with Crippen molar-refractivity contribution in [3.05, 3.63) is 42.6 Å². The van der Waals surface area contributed by atoms with Crippen LogP contribution in [0.1, 0.15) is 32.6 Å². The molecule has 0 spiro atoms. The van der Waals surface area contributed by atoms with Gasteiger partial charge >= 0.3 is 6.36 Å². The summed E-state index contributed by atoms with van der Waals surface area (Å²) >= 11 is 0. The maximum absolute atomic E-state index is 12.6. The minimum Gasteiger partial charge on any atom is -0.405 e. The first-order valence-corrected chi connectivity index (χ1v) is 11.9. The van der Waals surface area contributed by atoms with Crippen molar-refractivity contribution in [1.82, 2.24) is 9.71 Å². The van der Waals surface area contributed by atoms with Crippen LogP contribution in [0.4, 0.5) is 18.9 Å². The highest BCUT2D eigenvalue weighted by Crippen LogP contribution is 2.33. The van der Waals surface area contributed by atoms with Crippen LogP contribution >= 0.6 is 0 Å². The molecule has 1 saturated carbocycles. The molecule has 1 heterocycles. The summed E-state index contributed by atoms with van der Waals surface area (Å²) < 4.78 is 68.0. The molecule has 0 saturated heterocycles. The molecule has 31 heavy (non-hydrogen) atoms. The second-order valence-electron chi connectivity index (χ2n) is 7.60. The Hall–Kier alpha value is -2.33. The summed E-state index contributed by atoms with van der Waals surface area (Å²) in [6.45, 7) is 2.35. The zero-order chi connectivity index (χ0) is 22.5. The standard InChI is InChI=1S/C21H26F3N3O3S/c1-2-31(28,29)27-16-9-7-15(8-10-16)13-25-17-11-12-19(26-14-17)18-5-3-4-6-20(18)30-21(22,23)24/h3-6,11-12,14-16,25,27H,2,7-10,13H2,1H3. The van der Waals surface area contributed by atoms with E-state index in [-0.39, 0.29) is 23.1 Å². The third-order valence-electron chi connectivity index (χ3n) is 5.32. The number of anilines is 1. The second kappa shape index (κ2) is 9.86. The molecule has 1 fully saturated rings. The van der Waals surface area contributed by atoms with Gasteiger partial charge in [-0.15, -0.1) is 13.2 Å². The fourth-order valence-corrected chi connectivity index (χ4v) is 4.54. The topological polar surface area (TPSA) is 80.3 Å². The molecule has 10 heteroatoms. The van der Waals surface area contributed by atoms with Gasteiger partial charge in [0.15, 0.2) is 0 Å². The highest BCUT2D eigenvalue weighted by Gasteiger charge is 2.32. The minimum absolute atomic E-state index is 0.00105. The number of nitrogens with zero attached hydrogens (tertiary/aromatic N) is 1. The molecule has 0 aliphatic heterocycles. The first-order chi connectivity index (χ1) is 14.6. The number of para-hydroxylation sites is 1. The predicted octanol–water partition coefficient (Wildman–Crippen LogP) is 4.56. The lowest BCUT2D eigenvalue weighted by atomic mass is 9.86. The third kappa shape index (κ3) is 7.10. The molecule has 1 aromatic carbocycles. The van der Waals surface area contributed by atoms with Gasteiger partial charge in [-0.3, -0.25) is 4.98 Å². The lowest BCUT2D eigenvalue weighted by Crippen LogP contribution is -2.39. The zero-order valence-corrected chi connectivity index (χ0v) is 18.0. The molecule has 3 rings (SSSR count). The van der Waals surface area contributed by atoms with Crippen molar-refractivity contribution < 1.29 is 26.3 Å². The molecule has 2 aromatic rings. The number of rotatable bonds is 8. The summed E-state index contributed by atoms with van der Waals surface area (Å²) in [6.07, 6.45) is 0.250. The predicted molar refractivity (Wildman–Crippen MR) is 113 cm³/mol. The Morgan fingerprint density at radius 1 is 1.10 bits per heavy atom. The number of sulfonamides is 1. The summed E-state index contributed by atoms with van der Waals surface area (Å²) in [7, 11) is -3.18. The summed E-state index contributed by atoms with van der Waals surface area (Å²) in [4.78, 5) is 4.28. The van der Waals surface area contributed by atoms with E-state index in [1.807, 2.05) is 0 Å². The highest BCUT2D eigenvalue weighted by molar-refractivity contribution is 7.89. The summed E-state index contributed by atoms with van der Waals surface area (Å²) in [5.41, 5.74) is 1.42. The van der Waals surface area contributed by atoms with Crippen molar-refractivity contribution >= 4 is 15.7 Å². The molecule has 0 amide bonds. The van der Waals surface area contributed by atoms with E-state index in [1.54, 1.807) is 31.3 Å². The van der Waals surface area contributed by atoms with Gasteiger partial charge in [0, 0.05) is 18.2 Å². The molecule has 0 unspecified atom stereocenters. The Morgan fingerprint density at radius 3 is 2.42 bits per heavy atom. The van der Waals surface area contributed by atoms with Crippen molar-refractivity contribution in [3.63, 3.8) is 0 Å². The fourth-order valence-electron chi connectivity index (χ4n) is 3.63. The van der Waals surface area contributed by atoms with Crippen molar-refractivity contribution in [3.8, 4) is 17.0 Å². The van der Waals surface area contributed by atoms with Gasteiger partial charge in [-0.25, -0.2) is 13.1 Å². The van der Waals surface area contributed by atoms with Crippen LogP contribution in [0.3, 0.4) is 0 Å². The molecule has 0 atom stereocenters. The van der Waals surface area contributed by atoms with Crippen LogP contribution < -0.4 is 14.8 Å². The van der Waals surface area contributed by atoms with E-state index in [0.29, 0.717) is 11.6 Å². The number of benzene rings is 1. The Bertz CT molecular complexity index is 958. The maximum Gasteiger partial charge on any atom is 0.573 e. The number of halogens is 3. The lowest BCUT2D eigenvalue weighted by Gasteiger charge is -2.29. The number of ether oxygens (including phenoxy) is 1. The second-order valence-corrected chi connectivity index (χ2v) is 9.64. The van der Waals surface area contributed by atoms with Crippen molar-refractivity contribution in [2.24, 2.45) is 5.92 Å². The van der Waals surface area contributed by atoms with Gasteiger partial charge in [-0.1, -0.05) is 12.1 Å². The van der Waals surface area contributed by atoms with Crippen molar-refractivity contribution in [2.75, 3.05) is 17.6 Å². The summed E-state index contributed by atoms with van der Waals surface area (Å²) in [6, 6.07) is 9.31. The van der Waals surface area contributed by atoms with Gasteiger partial charge in [0.25, 0.3) is 0 Å². The van der Waals surface area contributed by atoms with Crippen LogP contribution in [0.2, 0.25) is 0 Å². The Kier molecular flexibility index (Phi) is 7.42. The Balaban J connectivity index is 1.53. The van der Waals surface area contributed by atoms with E-state index >= 15 is 0 Å². The van der Waals surface area contributed by atoms with Crippen LogP contribution in [-0.2, 0) is 10.0 Å². The molecule has 1 aliphatic carbocycles. The molecular weight excluding hydrogens is 431 g/mol. The number of nitrogens with one attached hydrogen (secondary N) is 2. The summed E-state index contributed by atoms with van der Waals surface area (Å²) in [5.74, 6) is 0.214. The number of hydrogen-bond donors (Lipinski definition) is 2. The third-order valence-corrected chi connectivity index (χ3v) is 6.77. The highest BCUT2D eigenvalue weighted by atomic mass is 32.2. The molecule has 0 radical (unpaired) electrons. The molecule has 170 valence electrons. The zero-order valence-electron chi connectivity index (χ0n) is 17.2. The number of pyridine rings is 1. The fraction of sp³-hybridized carbons (Fsp3) is 0.476. The Labute approximate surface area is 180 Å². The SMILES string of the molecule is CCS(=O)(=O)NC1CCC(CNc2ccc(-c3ccccc3OC(F)(F)F)nc2)CC1. The average molecular weight is 458 g/mol. The molecule has 1 aromatic heterocycles. The van der Waals surface area contributed by atoms with Crippen molar-refractivity contribution in [1.29, 1.82) is 0 Å². The Morgan fingerprint density at radius 2 is 1.81 bits per heavy atom. The van der Waals surface area contributed by atoms with Gasteiger partial charge < -0.3 is 10.1 Å². The number of alkyl halides is 3. The maximum atomic E-state index is 12.6. The number of hydrogen-bond acceptors (Lipinski definition) is 5. The molecular formula is C21H26F3N3O3S. The van der Waals surface area contributed by atoms with Gasteiger partial charge in [-0.05, 0) is 62.8 Å². The average Bonchev–Trinajstić information content (AvgIpc) is 2.73. The van der Waals surface area contributed by atoms with Crippen molar-refractivity contribution in [2.45, 2.75) is 45.0 Å². The molecule has 0 bridgehead atoms. The van der Waals surface area contributed by atoms with E-state index in [4.69, 9.17) is 0 Å². The smallest absolute Gasteiger partial charge is 0.405 e. The van der Waals surface area contributed by atoms with Crippen LogP contribution in [0.5, 0.6) is 5.75 Å².